The highest BCUT2D eigenvalue weighted by atomic mass is 35.5. The molecule has 0 bridgehead atoms. The van der Waals surface area contributed by atoms with Gasteiger partial charge in [0.1, 0.15) is 5.82 Å². The first-order valence-corrected chi connectivity index (χ1v) is 8.11. The van der Waals surface area contributed by atoms with E-state index in [1.807, 2.05) is 5.38 Å². The monoisotopic (exact) mass is 356 g/mol. The summed E-state index contributed by atoms with van der Waals surface area (Å²) in [6.45, 7) is 0. The molecule has 0 aliphatic carbocycles. The molecule has 1 atom stereocenters. The van der Waals surface area contributed by atoms with Crippen LogP contribution in [0.3, 0.4) is 0 Å². The van der Waals surface area contributed by atoms with Crippen molar-refractivity contribution in [1.29, 1.82) is 0 Å². The van der Waals surface area contributed by atoms with Crippen molar-refractivity contribution >= 4 is 34.8 Å². The first-order valence-electron chi connectivity index (χ1n) is 6.79. The molecule has 2 rings (SSSR count). The number of carbonyl (C=O) groups is 2. The van der Waals surface area contributed by atoms with Crippen molar-refractivity contribution in [2.45, 2.75) is 25.3 Å². The fourth-order valence-electron chi connectivity index (χ4n) is 2.03. The van der Waals surface area contributed by atoms with Crippen LogP contribution in [0.15, 0.2) is 29.1 Å². The van der Waals surface area contributed by atoms with Crippen LogP contribution < -0.4 is 5.32 Å². The van der Waals surface area contributed by atoms with E-state index in [1.54, 1.807) is 5.51 Å². The SMILES string of the molecule is O=C(O)CC(NC(=O)CCc1cscn1)c1ccc(Cl)c(F)c1. The molecular weight excluding hydrogens is 343 g/mol. The Hall–Kier alpha value is -1.99. The van der Waals surface area contributed by atoms with Crippen molar-refractivity contribution in [3.63, 3.8) is 0 Å². The number of carbonyl (C=O) groups excluding carboxylic acids is 1. The van der Waals surface area contributed by atoms with E-state index < -0.39 is 17.8 Å². The first kappa shape index (κ1) is 17.4. The topological polar surface area (TPSA) is 79.3 Å². The highest BCUT2D eigenvalue weighted by Crippen LogP contribution is 2.22. The standard InChI is InChI=1S/C15H14ClFN2O3S/c16-11-3-1-9(5-12(11)17)13(6-15(21)22)19-14(20)4-2-10-7-23-8-18-10/h1,3,5,7-8,13H,2,4,6H2,(H,19,20)(H,21,22). The van der Waals surface area contributed by atoms with Gasteiger partial charge in [-0.2, -0.15) is 0 Å². The number of aromatic nitrogens is 1. The second kappa shape index (κ2) is 8.03. The van der Waals surface area contributed by atoms with Gasteiger partial charge in [-0.25, -0.2) is 9.37 Å². The third-order valence-electron chi connectivity index (χ3n) is 3.15. The molecule has 0 saturated heterocycles. The minimum absolute atomic E-state index is 0.0577. The number of aliphatic carboxylic acids is 1. The lowest BCUT2D eigenvalue weighted by Gasteiger charge is -2.17. The number of halogens is 2. The number of hydrogen-bond donors (Lipinski definition) is 2. The van der Waals surface area contributed by atoms with Crippen LogP contribution in [0.25, 0.3) is 0 Å². The van der Waals surface area contributed by atoms with Crippen LogP contribution in [0.4, 0.5) is 4.39 Å². The molecule has 2 N–H and O–H groups in total. The number of aryl methyl sites for hydroxylation is 1. The maximum absolute atomic E-state index is 13.5. The molecule has 2 aromatic rings. The average Bonchev–Trinajstić information content (AvgIpc) is 3.00. The Morgan fingerprint density at radius 1 is 1.43 bits per heavy atom. The fraction of sp³-hybridized carbons (Fsp3) is 0.267. The van der Waals surface area contributed by atoms with E-state index in [1.165, 1.54) is 23.5 Å². The summed E-state index contributed by atoms with van der Waals surface area (Å²) in [4.78, 5) is 27.1. The third kappa shape index (κ3) is 5.30. The number of hydrogen-bond acceptors (Lipinski definition) is 4. The van der Waals surface area contributed by atoms with Gasteiger partial charge in [0.25, 0.3) is 0 Å². The summed E-state index contributed by atoms with van der Waals surface area (Å²) in [7, 11) is 0. The van der Waals surface area contributed by atoms with E-state index in [-0.39, 0.29) is 23.8 Å². The van der Waals surface area contributed by atoms with Gasteiger partial charge in [-0.1, -0.05) is 17.7 Å². The lowest BCUT2D eigenvalue weighted by Crippen LogP contribution is -2.30. The Morgan fingerprint density at radius 3 is 2.83 bits per heavy atom. The van der Waals surface area contributed by atoms with Crippen molar-refractivity contribution < 1.29 is 19.1 Å². The Balaban J connectivity index is 2.03. The molecule has 23 heavy (non-hydrogen) atoms. The highest BCUT2D eigenvalue weighted by Gasteiger charge is 2.19. The molecule has 1 unspecified atom stereocenters. The summed E-state index contributed by atoms with van der Waals surface area (Å²) in [5.41, 5.74) is 2.84. The van der Waals surface area contributed by atoms with Crippen LogP contribution in [0.1, 0.15) is 30.1 Å². The Morgan fingerprint density at radius 2 is 2.22 bits per heavy atom. The lowest BCUT2D eigenvalue weighted by atomic mass is 10.0. The van der Waals surface area contributed by atoms with Gasteiger partial charge in [-0.3, -0.25) is 9.59 Å². The van der Waals surface area contributed by atoms with Gasteiger partial charge in [0.15, 0.2) is 0 Å². The predicted molar refractivity (Wildman–Crippen MR) is 85.0 cm³/mol. The first-order chi connectivity index (χ1) is 11.0. The fourth-order valence-corrected chi connectivity index (χ4v) is 2.74. The molecule has 0 radical (unpaired) electrons. The normalized spacial score (nSPS) is 11.9. The van der Waals surface area contributed by atoms with Gasteiger partial charge in [0.05, 0.1) is 28.7 Å². The Kier molecular flexibility index (Phi) is 6.06. The quantitative estimate of drug-likeness (QED) is 0.798. The molecule has 0 saturated carbocycles. The summed E-state index contributed by atoms with van der Waals surface area (Å²) in [5, 5.41) is 13.4. The predicted octanol–water partition coefficient (Wildman–Crippen LogP) is 3.20. The number of carboxylic acid groups (broad SMARTS) is 1. The summed E-state index contributed by atoms with van der Waals surface area (Å²) in [6.07, 6.45) is 0.295. The van der Waals surface area contributed by atoms with E-state index in [2.05, 4.69) is 10.3 Å². The van der Waals surface area contributed by atoms with Crippen molar-refractivity contribution in [2.75, 3.05) is 0 Å². The van der Waals surface area contributed by atoms with E-state index in [0.29, 0.717) is 12.0 Å². The lowest BCUT2D eigenvalue weighted by molar-refractivity contribution is -0.137. The van der Waals surface area contributed by atoms with Crippen molar-refractivity contribution in [3.05, 3.63) is 51.2 Å². The number of benzene rings is 1. The molecule has 0 aliphatic heterocycles. The molecule has 0 aliphatic rings. The maximum Gasteiger partial charge on any atom is 0.305 e. The number of carboxylic acids is 1. The average molecular weight is 357 g/mol. The second-order valence-corrected chi connectivity index (χ2v) is 6.00. The maximum atomic E-state index is 13.5. The Labute approximate surface area is 141 Å². The number of nitrogens with zero attached hydrogens (tertiary/aromatic N) is 1. The number of amides is 1. The molecule has 8 heteroatoms. The van der Waals surface area contributed by atoms with E-state index in [9.17, 15) is 14.0 Å². The van der Waals surface area contributed by atoms with Gasteiger partial charge < -0.3 is 10.4 Å². The zero-order valence-corrected chi connectivity index (χ0v) is 13.5. The van der Waals surface area contributed by atoms with Gasteiger partial charge >= 0.3 is 5.97 Å². The molecule has 0 fully saturated rings. The van der Waals surface area contributed by atoms with E-state index in [4.69, 9.17) is 16.7 Å². The number of thiazole rings is 1. The smallest absolute Gasteiger partial charge is 0.305 e. The highest BCUT2D eigenvalue weighted by molar-refractivity contribution is 7.07. The summed E-state index contributed by atoms with van der Waals surface area (Å²) >= 11 is 7.06. The Bertz CT molecular complexity index is 694. The minimum Gasteiger partial charge on any atom is -0.481 e. The van der Waals surface area contributed by atoms with E-state index >= 15 is 0 Å². The van der Waals surface area contributed by atoms with Gasteiger partial charge in [0, 0.05) is 11.8 Å². The van der Waals surface area contributed by atoms with Crippen LogP contribution in [0, 0.1) is 5.82 Å². The third-order valence-corrected chi connectivity index (χ3v) is 4.09. The molecule has 1 aromatic heterocycles. The van der Waals surface area contributed by atoms with Crippen LogP contribution in [0.2, 0.25) is 5.02 Å². The number of rotatable bonds is 7. The second-order valence-electron chi connectivity index (χ2n) is 4.87. The van der Waals surface area contributed by atoms with Crippen molar-refractivity contribution in [3.8, 4) is 0 Å². The van der Waals surface area contributed by atoms with Gasteiger partial charge in [-0.05, 0) is 24.1 Å². The summed E-state index contributed by atoms with van der Waals surface area (Å²) < 4.78 is 13.5. The van der Waals surface area contributed by atoms with Crippen molar-refractivity contribution in [1.82, 2.24) is 10.3 Å². The van der Waals surface area contributed by atoms with Crippen LogP contribution in [0.5, 0.6) is 0 Å². The zero-order valence-electron chi connectivity index (χ0n) is 12.0. The van der Waals surface area contributed by atoms with Gasteiger partial charge in [0.2, 0.25) is 5.91 Å². The molecular formula is C15H14ClFN2O3S. The van der Waals surface area contributed by atoms with Crippen LogP contribution >= 0.6 is 22.9 Å². The van der Waals surface area contributed by atoms with Crippen LogP contribution in [-0.4, -0.2) is 22.0 Å². The van der Waals surface area contributed by atoms with Crippen molar-refractivity contribution in [2.24, 2.45) is 0 Å². The molecule has 1 amide bonds. The largest absolute Gasteiger partial charge is 0.481 e. The molecule has 0 spiro atoms. The summed E-state index contributed by atoms with van der Waals surface area (Å²) in [6, 6.07) is 3.15. The number of nitrogens with one attached hydrogen (secondary N) is 1. The van der Waals surface area contributed by atoms with E-state index in [0.717, 1.165) is 11.8 Å². The molecule has 1 heterocycles. The zero-order chi connectivity index (χ0) is 16.8. The molecule has 1 aromatic carbocycles. The van der Waals surface area contributed by atoms with Gasteiger partial charge in [-0.15, -0.1) is 11.3 Å². The summed E-state index contributed by atoms with van der Waals surface area (Å²) in [5.74, 6) is -2.07. The minimum atomic E-state index is -1.09. The van der Waals surface area contributed by atoms with Crippen LogP contribution in [-0.2, 0) is 16.0 Å². The molecule has 5 nitrogen and oxygen atoms in total. The molecule has 122 valence electrons.